The van der Waals surface area contributed by atoms with E-state index in [2.05, 4.69) is 48.1 Å². The van der Waals surface area contributed by atoms with Gasteiger partial charge in [-0.3, -0.25) is 4.79 Å². The number of fused-ring (bicyclic) bond motifs is 1. The Hall–Kier alpha value is -2.10. The van der Waals surface area contributed by atoms with Crippen molar-refractivity contribution in [3.05, 3.63) is 41.2 Å². The molecule has 0 saturated carbocycles. The molecular formula is C17H21N3O. The minimum Gasteiger partial charge on any atom is -0.340 e. The number of benzene rings is 1. The van der Waals surface area contributed by atoms with Crippen LogP contribution in [0.4, 0.5) is 0 Å². The molecule has 21 heavy (non-hydrogen) atoms. The lowest BCUT2D eigenvalue weighted by Gasteiger charge is -2.19. The summed E-state index contributed by atoms with van der Waals surface area (Å²) in [6.07, 6.45) is 5.90. The van der Waals surface area contributed by atoms with Crippen molar-refractivity contribution >= 4 is 16.9 Å². The monoisotopic (exact) mass is 283 g/mol. The third kappa shape index (κ3) is 2.71. The summed E-state index contributed by atoms with van der Waals surface area (Å²) in [4.78, 5) is 22.0. The largest absolute Gasteiger partial charge is 0.340 e. The molecule has 0 aliphatic heterocycles. The molecule has 4 heteroatoms. The Labute approximate surface area is 124 Å². The molecule has 0 atom stereocenters. The van der Waals surface area contributed by atoms with Gasteiger partial charge in [-0.05, 0) is 49.9 Å². The van der Waals surface area contributed by atoms with E-state index < -0.39 is 0 Å². The predicted molar refractivity (Wildman–Crippen MR) is 83.9 cm³/mol. The molecule has 1 aliphatic carbocycles. The second-order valence-corrected chi connectivity index (χ2v) is 5.97. The van der Waals surface area contributed by atoms with Gasteiger partial charge in [-0.1, -0.05) is 12.2 Å². The Balaban J connectivity index is 1.76. The number of hydrogen-bond donors (Lipinski definition) is 1. The van der Waals surface area contributed by atoms with Crippen LogP contribution in [0.2, 0.25) is 0 Å². The minimum atomic E-state index is 0.115. The van der Waals surface area contributed by atoms with Crippen molar-refractivity contribution in [3.63, 3.8) is 0 Å². The summed E-state index contributed by atoms with van der Waals surface area (Å²) in [5.41, 5.74) is 4.49. The molecule has 4 nitrogen and oxygen atoms in total. The summed E-state index contributed by atoms with van der Waals surface area (Å²) in [5.74, 6) is 1.16. The van der Waals surface area contributed by atoms with Gasteiger partial charge in [0.2, 0.25) is 5.91 Å². The smallest absolute Gasteiger partial charge is 0.226 e. The molecule has 1 N–H and O–H groups in total. The molecule has 1 heterocycles. The van der Waals surface area contributed by atoms with Crippen LogP contribution < -0.4 is 0 Å². The van der Waals surface area contributed by atoms with Crippen molar-refractivity contribution in [3.8, 4) is 0 Å². The van der Waals surface area contributed by atoms with Crippen molar-refractivity contribution in [1.82, 2.24) is 14.9 Å². The van der Waals surface area contributed by atoms with Crippen molar-refractivity contribution in [1.29, 1.82) is 0 Å². The quantitative estimate of drug-likeness (QED) is 0.880. The number of amides is 1. The van der Waals surface area contributed by atoms with Gasteiger partial charge < -0.3 is 9.88 Å². The first kappa shape index (κ1) is 13.9. The summed E-state index contributed by atoms with van der Waals surface area (Å²) >= 11 is 0. The Bertz CT molecular complexity index is 667. The fourth-order valence-electron chi connectivity index (χ4n) is 2.83. The highest BCUT2D eigenvalue weighted by Crippen LogP contribution is 2.21. The first-order valence-corrected chi connectivity index (χ1v) is 7.40. The second kappa shape index (κ2) is 5.35. The van der Waals surface area contributed by atoms with Crippen LogP contribution in [0.3, 0.4) is 0 Å². The van der Waals surface area contributed by atoms with E-state index in [1.54, 1.807) is 4.90 Å². The number of aromatic amines is 1. The van der Waals surface area contributed by atoms with E-state index in [-0.39, 0.29) is 11.8 Å². The molecule has 1 amide bonds. The number of carbonyl (C=O) groups excluding carboxylic acids is 1. The van der Waals surface area contributed by atoms with Crippen LogP contribution in [0, 0.1) is 19.8 Å². The molecule has 0 radical (unpaired) electrons. The first-order chi connectivity index (χ1) is 10.0. The van der Waals surface area contributed by atoms with Crippen LogP contribution in [0.1, 0.15) is 29.8 Å². The lowest BCUT2D eigenvalue weighted by molar-refractivity contribution is -0.134. The van der Waals surface area contributed by atoms with E-state index in [9.17, 15) is 4.79 Å². The highest BCUT2D eigenvalue weighted by Gasteiger charge is 2.23. The minimum absolute atomic E-state index is 0.115. The number of imidazole rings is 1. The van der Waals surface area contributed by atoms with Crippen LogP contribution >= 0.6 is 0 Å². The van der Waals surface area contributed by atoms with Gasteiger partial charge in [-0.2, -0.15) is 0 Å². The third-order valence-corrected chi connectivity index (χ3v) is 4.27. The van der Waals surface area contributed by atoms with Crippen LogP contribution in [0.5, 0.6) is 0 Å². The summed E-state index contributed by atoms with van der Waals surface area (Å²) in [7, 11) is 1.85. The number of aryl methyl sites for hydroxylation is 2. The van der Waals surface area contributed by atoms with E-state index in [1.165, 1.54) is 11.1 Å². The number of rotatable bonds is 3. The predicted octanol–water partition coefficient (Wildman–Crippen LogP) is 3.10. The second-order valence-electron chi connectivity index (χ2n) is 5.97. The molecule has 0 spiro atoms. The van der Waals surface area contributed by atoms with Gasteiger partial charge in [0.15, 0.2) is 0 Å². The maximum absolute atomic E-state index is 12.3. The number of hydrogen-bond acceptors (Lipinski definition) is 2. The topological polar surface area (TPSA) is 49.0 Å². The average Bonchev–Trinajstić information content (AvgIpc) is 3.07. The van der Waals surface area contributed by atoms with Crippen molar-refractivity contribution in [2.24, 2.45) is 5.92 Å². The maximum Gasteiger partial charge on any atom is 0.226 e. The van der Waals surface area contributed by atoms with Gasteiger partial charge in [-0.25, -0.2) is 4.98 Å². The van der Waals surface area contributed by atoms with Crippen LogP contribution in [-0.2, 0) is 11.3 Å². The van der Waals surface area contributed by atoms with Crippen LogP contribution in [0.15, 0.2) is 24.3 Å². The van der Waals surface area contributed by atoms with E-state index in [1.807, 2.05) is 7.05 Å². The molecule has 1 aromatic carbocycles. The molecule has 0 unspecified atom stereocenters. The first-order valence-electron chi connectivity index (χ1n) is 7.40. The fraction of sp³-hybridized carbons (Fsp3) is 0.412. The Kier molecular flexibility index (Phi) is 3.53. The Morgan fingerprint density at radius 1 is 1.29 bits per heavy atom. The average molecular weight is 283 g/mol. The maximum atomic E-state index is 12.3. The molecule has 0 saturated heterocycles. The summed E-state index contributed by atoms with van der Waals surface area (Å²) in [6, 6.07) is 4.21. The summed E-state index contributed by atoms with van der Waals surface area (Å²) in [6.45, 7) is 4.71. The molecule has 1 aliphatic rings. The molecule has 2 aromatic rings. The van der Waals surface area contributed by atoms with Crippen molar-refractivity contribution < 1.29 is 4.79 Å². The van der Waals surface area contributed by atoms with Gasteiger partial charge in [0.25, 0.3) is 0 Å². The zero-order valence-electron chi connectivity index (χ0n) is 12.8. The lowest BCUT2D eigenvalue weighted by atomic mass is 10.1. The van der Waals surface area contributed by atoms with E-state index in [0.29, 0.717) is 6.54 Å². The van der Waals surface area contributed by atoms with Gasteiger partial charge in [0, 0.05) is 13.0 Å². The standard InChI is InChI=1S/C17H21N3O/c1-11-8-14-15(9-12(11)2)19-16(18-14)10-20(3)17(21)13-6-4-5-7-13/h4-5,8-9,13H,6-7,10H2,1-3H3,(H,18,19). The van der Waals surface area contributed by atoms with E-state index >= 15 is 0 Å². The Morgan fingerprint density at radius 3 is 2.67 bits per heavy atom. The molecule has 0 fully saturated rings. The third-order valence-electron chi connectivity index (χ3n) is 4.27. The number of nitrogens with one attached hydrogen (secondary N) is 1. The Morgan fingerprint density at radius 2 is 1.95 bits per heavy atom. The zero-order valence-corrected chi connectivity index (χ0v) is 12.8. The number of nitrogens with zero attached hydrogens (tertiary/aromatic N) is 2. The van der Waals surface area contributed by atoms with Crippen LogP contribution in [-0.4, -0.2) is 27.8 Å². The highest BCUT2D eigenvalue weighted by molar-refractivity contribution is 5.80. The van der Waals surface area contributed by atoms with Gasteiger partial charge >= 0.3 is 0 Å². The molecule has 110 valence electrons. The van der Waals surface area contributed by atoms with Crippen molar-refractivity contribution in [2.45, 2.75) is 33.2 Å². The normalized spacial score (nSPS) is 15.0. The van der Waals surface area contributed by atoms with E-state index in [0.717, 1.165) is 29.7 Å². The molecule has 3 rings (SSSR count). The van der Waals surface area contributed by atoms with Crippen LogP contribution in [0.25, 0.3) is 11.0 Å². The summed E-state index contributed by atoms with van der Waals surface area (Å²) < 4.78 is 0. The van der Waals surface area contributed by atoms with Gasteiger partial charge in [0.05, 0.1) is 17.6 Å². The highest BCUT2D eigenvalue weighted by atomic mass is 16.2. The number of aromatic nitrogens is 2. The van der Waals surface area contributed by atoms with Crippen molar-refractivity contribution in [2.75, 3.05) is 7.05 Å². The molecule has 0 bridgehead atoms. The number of H-pyrrole nitrogens is 1. The SMILES string of the molecule is Cc1cc2nc(CN(C)C(=O)C3CC=CC3)[nH]c2cc1C. The van der Waals surface area contributed by atoms with Gasteiger partial charge in [0.1, 0.15) is 5.82 Å². The number of allylic oxidation sites excluding steroid dienone is 2. The van der Waals surface area contributed by atoms with Gasteiger partial charge in [-0.15, -0.1) is 0 Å². The lowest BCUT2D eigenvalue weighted by Crippen LogP contribution is -2.31. The zero-order chi connectivity index (χ0) is 15.0. The molecular weight excluding hydrogens is 262 g/mol. The number of carbonyl (C=O) groups is 1. The fourth-order valence-corrected chi connectivity index (χ4v) is 2.83. The van der Waals surface area contributed by atoms with E-state index in [4.69, 9.17) is 0 Å². The summed E-state index contributed by atoms with van der Waals surface area (Å²) in [5, 5.41) is 0. The molecule has 1 aromatic heterocycles.